The molecule has 27 heavy (non-hydrogen) atoms. The van der Waals surface area contributed by atoms with Gasteiger partial charge in [-0.15, -0.1) is 0 Å². The molecular weight excluding hydrogens is 342 g/mol. The Hall–Kier alpha value is -3.67. The third-order valence-corrected chi connectivity index (χ3v) is 3.80. The molecule has 0 aliphatic carbocycles. The van der Waals surface area contributed by atoms with Gasteiger partial charge in [-0.2, -0.15) is 0 Å². The maximum absolute atomic E-state index is 12.3. The Morgan fingerprint density at radius 3 is 2.48 bits per heavy atom. The van der Waals surface area contributed by atoms with Crippen molar-refractivity contribution in [2.45, 2.75) is 6.92 Å². The van der Waals surface area contributed by atoms with E-state index in [1.165, 1.54) is 0 Å². The van der Waals surface area contributed by atoms with E-state index in [0.717, 1.165) is 5.56 Å². The number of rotatable bonds is 6. The van der Waals surface area contributed by atoms with Gasteiger partial charge in [0.1, 0.15) is 5.75 Å². The highest BCUT2D eigenvalue weighted by Crippen LogP contribution is 2.17. The predicted octanol–water partition coefficient (Wildman–Crippen LogP) is 3.66. The molecule has 0 radical (unpaired) electrons. The molecule has 0 bridgehead atoms. The number of nitrogens with zero attached hydrogens (tertiary/aromatic N) is 1. The Bertz CT molecular complexity index is 942. The van der Waals surface area contributed by atoms with Gasteiger partial charge in [-0.05, 0) is 48.9 Å². The van der Waals surface area contributed by atoms with Gasteiger partial charge in [0.05, 0.1) is 0 Å². The number of aryl methyl sites for hydroxylation is 1. The van der Waals surface area contributed by atoms with Crippen LogP contribution >= 0.6 is 0 Å². The lowest BCUT2D eigenvalue weighted by Crippen LogP contribution is -2.20. The Morgan fingerprint density at radius 1 is 0.926 bits per heavy atom. The summed E-state index contributed by atoms with van der Waals surface area (Å²) in [6.07, 6.45) is 3.20. The number of carbonyl (C=O) groups excluding carboxylic acids is 2. The van der Waals surface area contributed by atoms with Crippen molar-refractivity contribution in [1.29, 1.82) is 0 Å². The van der Waals surface area contributed by atoms with E-state index < -0.39 is 0 Å². The fourth-order valence-electron chi connectivity index (χ4n) is 2.44. The number of ether oxygens (including phenoxy) is 1. The van der Waals surface area contributed by atoms with Gasteiger partial charge in [0.2, 0.25) is 0 Å². The molecule has 1 aromatic heterocycles. The molecule has 6 heteroatoms. The zero-order chi connectivity index (χ0) is 19.1. The monoisotopic (exact) mass is 361 g/mol. The average molecular weight is 361 g/mol. The predicted molar refractivity (Wildman–Crippen MR) is 104 cm³/mol. The van der Waals surface area contributed by atoms with Crippen LogP contribution in [0.1, 0.15) is 15.9 Å². The first-order valence-electron chi connectivity index (χ1n) is 8.41. The number of pyridine rings is 1. The number of para-hydroxylation sites is 1. The minimum atomic E-state index is -0.301. The van der Waals surface area contributed by atoms with Crippen molar-refractivity contribution in [3.63, 3.8) is 0 Å². The summed E-state index contributed by atoms with van der Waals surface area (Å²) in [7, 11) is 0. The van der Waals surface area contributed by atoms with Crippen molar-refractivity contribution in [3.05, 3.63) is 84.2 Å². The normalized spacial score (nSPS) is 10.1. The molecule has 3 rings (SSSR count). The number of carbonyl (C=O) groups is 2. The van der Waals surface area contributed by atoms with Gasteiger partial charge in [0.15, 0.2) is 6.61 Å². The van der Waals surface area contributed by atoms with Gasteiger partial charge in [-0.1, -0.05) is 24.3 Å². The van der Waals surface area contributed by atoms with Gasteiger partial charge < -0.3 is 15.4 Å². The maximum Gasteiger partial charge on any atom is 0.262 e. The van der Waals surface area contributed by atoms with Crippen LogP contribution in [0.3, 0.4) is 0 Å². The summed E-state index contributed by atoms with van der Waals surface area (Å²) in [5.41, 5.74) is 2.57. The van der Waals surface area contributed by atoms with Crippen molar-refractivity contribution in [3.8, 4) is 5.75 Å². The fourth-order valence-corrected chi connectivity index (χ4v) is 2.44. The van der Waals surface area contributed by atoms with Gasteiger partial charge >= 0.3 is 0 Å². The van der Waals surface area contributed by atoms with Crippen molar-refractivity contribution in [2.24, 2.45) is 0 Å². The SMILES string of the molecule is Cc1ccccc1OCC(=O)Nc1cccc(C(=O)Nc2ccncc2)c1. The molecule has 2 amide bonds. The Morgan fingerprint density at radius 2 is 1.70 bits per heavy atom. The molecule has 2 aromatic carbocycles. The lowest BCUT2D eigenvalue weighted by molar-refractivity contribution is -0.118. The first-order chi connectivity index (χ1) is 13.1. The quantitative estimate of drug-likeness (QED) is 0.702. The molecule has 0 fully saturated rings. The third-order valence-electron chi connectivity index (χ3n) is 3.80. The number of hydrogen-bond acceptors (Lipinski definition) is 4. The fraction of sp³-hybridized carbons (Fsp3) is 0.0952. The topological polar surface area (TPSA) is 80.3 Å². The number of nitrogens with one attached hydrogen (secondary N) is 2. The van der Waals surface area contributed by atoms with Crippen LogP contribution in [0.5, 0.6) is 5.75 Å². The van der Waals surface area contributed by atoms with E-state index in [4.69, 9.17) is 4.74 Å². The highest BCUT2D eigenvalue weighted by Gasteiger charge is 2.09. The van der Waals surface area contributed by atoms with Gasteiger partial charge in [-0.3, -0.25) is 14.6 Å². The molecule has 0 spiro atoms. The van der Waals surface area contributed by atoms with E-state index in [2.05, 4.69) is 15.6 Å². The van der Waals surface area contributed by atoms with E-state index in [1.54, 1.807) is 48.8 Å². The molecule has 0 aliphatic heterocycles. The highest BCUT2D eigenvalue weighted by atomic mass is 16.5. The molecule has 136 valence electrons. The maximum atomic E-state index is 12.3. The highest BCUT2D eigenvalue weighted by molar-refractivity contribution is 6.05. The largest absolute Gasteiger partial charge is 0.483 e. The van der Waals surface area contributed by atoms with Crippen LogP contribution in [-0.4, -0.2) is 23.4 Å². The number of benzene rings is 2. The standard InChI is InChI=1S/C21H19N3O3/c1-15-5-2-3-8-19(15)27-14-20(25)23-18-7-4-6-16(13-18)21(26)24-17-9-11-22-12-10-17/h2-13H,14H2,1H3,(H,23,25)(H,22,24,26). The number of hydrogen-bond donors (Lipinski definition) is 2. The lowest BCUT2D eigenvalue weighted by Gasteiger charge is -2.10. The van der Waals surface area contributed by atoms with Crippen LogP contribution in [0.2, 0.25) is 0 Å². The van der Waals surface area contributed by atoms with Crippen LogP contribution in [0.4, 0.5) is 11.4 Å². The van der Waals surface area contributed by atoms with Crippen LogP contribution in [0.25, 0.3) is 0 Å². The third kappa shape index (κ3) is 5.15. The van der Waals surface area contributed by atoms with Crippen LogP contribution < -0.4 is 15.4 Å². The minimum Gasteiger partial charge on any atom is -0.483 e. The molecule has 1 heterocycles. The molecule has 0 aliphatic rings. The second kappa shape index (κ2) is 8.62. The number of anilines is 2. The summed E-state index contributed by atoms with van der Waals surface area (Å²) in [5.74, 6) is 0.0940. The summed E-state index contributed by atoms with van der Waals surface area (Å²) in [5, 5.41) is 5.51. The van der Waals surface area contributed by atoms with E-state index in [1.807, 2.05) is 31.2 Å². The number of amides is 2. The van der Waals surface area contributed by atoms with Gasteiger partial charge in [0, 0.05) is 29.3 Å². The molecular formula is C21H19N3O3. The zero-order valence-corrected chi connectivity index (χ0v) is 14.8. The zero-order valence-electron chi connectivity index (χ0n) is 14.8. The molecule has 6 nitrogen and oxygen atoms in total. The van der Waals surface area contributed by atoms with Crippen LogP contribution in [0, 0.1) is 6.92 Å². The van der Waals surface area contributed by atoms with Crippen molar-refractivity contribution in [1.82, 2.24) is 4.98 Å². The first kappa shape index (κ1) is 18.1. The summed E-state index contributed by atoms with van der Waals surface area (Å²) >= 11 is 0. The van der Waals surface area contributed by atoms with E-state index >= 15 is 0 Å². The van der Waals surface area contributed by atoms with Crippen LogP contribution in [-0.2, 0) is 4.79 Å². The van der Waals surface area contributed by atoms with Crippen molar-refractivity contribution < 1.29 is 14.3 Å². The van der Waals surface area contributed by atoms with E-state index in [9.17, 15) is 9.59 Å². The molecule has 0 saturated carbocycles. The molecule has 0 saturated heterocycles. The second-order valence-electron chi connectivity index (χ2n) is 5.87. The number of aromatic nitrogens is 1. The summed E-state index contributed by atoms with van der Waals surface area (Å²) < 4.78 is 5.53. The molecule has 0 unspecified atom stereocenters. The van der Waals surface area contributed by atoms with Gasteiger partial charge in [0.25, 0.3) is 11.8 Å². The molecule has 3 aromatic rings. The smallest absolute Gasteiger partial charge is 0.262 e. The van der Waals surface area contributed by atoms with Crippen molar-refractivity contribution >= 4 is 23.2 Å². The lowest BCUT2D eigenvalue weighted by atomic mass is 10.2. The minimum absolute atomic E-state index is 0.113. The summed E-state index contributed by atoms with van der Waals surface area (Å²) in [6.45, 7) is 1.80. The molecule has 0 atom stereocenters. The second-order valence-corrected chi connectivity index (χ2v) is 5.87. The summed E-state index contributed by atoms with van der Waals surface area (Å²) in [6, 6.07) is 17.6. The summed E-state index contributed by atoms with van der Waals surface area (Å²) in [4.78, 5) is 28.4. The first-order valence-corrected chi connectivity index (χ1v) is 8.41. The van der Waals surface area contributed by atoms with Crippen LogP contribution in [0.15, 0.2) is 73.1 Å². The average Bonchev–Trinajstić information content (AvgIpc) is 2.68. The van der Waals surface area contributed by atoms with Gasteiger partial charge in [-0.25, -0.2) is 0 Å². The molecule has 2 N–H and O–H groups in total. The van der Waals surface area contributed by atoms with E-state index in [-0.39, 0.29) is 18.4 Å². The Labute approximate surface area is 157 Å². The Balaban J connectivity index is 1.59. The van der Waals surface area contributed by atoms with E-state index in [0.29, 0.717) is 22.7 Å². The van der Waals surface area contributed by atoms with Crippen molar-refractivity contribution in [2.75, 3.05) is 17.2 Å². The Kier molecular flexibility index (Phi) is 5.79.